The van der Waals surface area contributed by atoms with Gasteiger partial charge in [-0.25, -0.2) is 0 Å². The molecule has 5 rings (SSSR count). The molecule has 0 saturated carbocycles. The number of fused-ring (bicyclic) bond motifs is 6. The third-order valence-corrected chi connectivity index (χ3v) is 8.02. The summed E-state index contributed by atoms with van der Waals surface area (Å²) in [6, 6.07) is 7.39. The molecular formula is C24H32ClN3O. The van der Waals surface area contributed by atoms with Gasteiger partial charge in [-0.1, -0.05) is 11.6 Å². The molecule has 1 aromatic carbocycles. The van der Waals surface area contributed by atoms with Crippen molar-refractivity contribution in [1.29, 1.82) is 0 Å². The van der Waals surface area contributed by atoms with Crippen molar-refractivity contribution in [2.45, 2.75) is 83.0 Å². The fraction of sp³-hybridized carbons (Fsp3) is 0.625. The molecule has 156 valence electrons. The Morgan fingerprint density at radius 1 is 1.24 bits per heavy atom. The van der Waals surface area contributed by atoms with Gasteiger partial charge >= 0.3 is 0 Å². The standard InChI is InChI=1S/C24H32ClN3O/c1-24(2)11-4-5-12-28(24)22(29)10-13-27-19-8-6-16(25)14-18(19)23-20-9-7-17(26(20)3)15-21(23)27/h6,8,14,17,20H,4-5,7,9-13,15H2,1-3H3. The van der Waals surface area contributed by atoms with Crippen molar-refractivity contribution in [2.75, 3.05) is 13.6 Å². The van der Waals surface area contributed by atoms with Gasteiger partial charge in [0.2, 0.25) is 5.91 Å². The van der Waals surface area contributed by atoms with Crippen molar-refractivity contribution in [3.8, 4) is 0 Å². The van der Waals surface area contributed by atoms with Crippen LogP contribution in [0.1, 0.15) is 69.7 Å². The van der Waals surface area contributed by atoms with E-state index in [4.69, 9.17) is 11.6 Å². The summed E-state index contributed by atoms with van der Waals surface area (Å²) in [4.78, 5) is 17.8. The summed E-state index contributed by atoms with van der Waals surface area (Å²) in [5.74, 6) is 0.301. The fourth-order valence-corrected chi connectivity index (χ4v) is 6.32. The predicted octanol–water partition coefficient (Wildman–Crippen LogP) is 5.17. The van der Waals surface area contributed by atoms with E-state index in [-0.39, 0.29) is 5.54 Å². The summed E-state index contributed by atoms with van der Waals surface area (Å²) in [5.41, 5.74) is 4.14. The molecule has 1 aromatic heterocycles. The number of aryl methyl sites for hydroxylation is 1. The number of benzene rings is 1. The van der Waals surface area contributed by atoms with Crippen molar-refractivity contribution >= 4 is 28.4 Å². The first-order chi connectivity index (χ1) is 13.9. The van der Waals surface area contributed by atoms with Crippen LogP contribution in [0.15, 0.2) is 18.2 Å². The number of nitrogens with zero attached hydrogens (tertiary/aromatic N) is 3. The van der Waals surface area contributed by atoms with Gasteiger partial charge in [0.1, 0.15) is 0 Å². The molecule has 5 heteroatoms. The Hall–Kier alpha value is -1.52. The second-order valence-corrected chi connectivity index (χ2v) is 10.3. The van der Waals surface area contributed by atoms with Gasteiger partial charge in [0.05, 0.1) is 0 Å². The summed E-state index contributed by atoms with van der Waals surface area (Å²) >= 11 is 6.38. The Morgan fingerprint density at radius 2 is 2.07 bits per heavy atom. The Bertz CT molecular complexity index is 963. The third-order valence-electron chi connectivity index (χ3n) is 7.78. The first-order valence-corrected chi connectivity index (χ1v) is 11.6. The first kappa shape index (κ1) is 19.4. The third kappa shape index (κ3) is 3.11. The molecular weight excluding hydrogens is 382 g/mol. The lowest BCUT2D eigenvalue weighted by Gasteiger charge is -2.42. The Balaban J connectivity index is 1.48. The number of hydrogen-bond donors (Lipinski definition) is 0. The lowest BCUT2D eigenvalue weighted by Crippen LogP contribution is -2.50. The van der Waals surface area contributed by atoms with E-state index in [9.17, 15) is 4.79 Å². The summed E-state index contributed by atoms with van der Waals surface area (Å²) < 4.78 is 2.44. The van der Waals surface area contributed by atoms with Crippen LogP contribution in [0.25, 0.3) is 10.9 Å². The maximum atomic E-state index is 13.1. The first-order valence-electron chi connectivity index (χ1n) is 11.2. The van der Waals surface area contributed by atoms with Gasteiger partial charge in [0.15, 0.2) is 0 Å². The van der Waals surface area contributed by atoms with Crippen LogP contribution in [0.4, 0.5) is 0 Å². The summed E-state index contributed by atoms with van der Waals surface area (Å²) in [5, 5.41) is 2.09. The smallest absolute Gasteiger partial charge is 0.224 e. The molecule has 2 atom stereocenters. The highest BCUT2D eigenvalue weighted by molar-refractivity contribution is 6.31. The number of aromatic nitrogens is 1. The van der Waals surface area contributed by atoms with Crippen molar-refractivity contribution in [3.63, 3.8) is 0 Å². The van der Waals surface area contributed by atoms with Crippen LogP contribution in [0.2, 0.25) is 5.02 Å². The van der Waals surface area contributed by atoms with Gasteiger partial charge in [0, 0.05) is 65.2 Å². The lowest BCUT2D eigenvalue weighted by molar-refractivity contribution is -0.138. The molecule has 29 heavy (non-hydrogen) atoms. The van der Waals surface area contributed by atoms with Crippen LogP contribution in [-0.4, -0.2) is 45.4 Å². The van der Waals surface area contributed by atoms with Gasteiger partial charge < -0.3 is 9.47 Å². The summed E-state index contributed by atoms with van der Waals surface area (Å²) in [7, 11) is 2.26. The maximum Gasteiger partial charge on any atom is 0.224 e. The quantitative estimate of drug-likeness (QED) is 0.694. The van der Waals surface area contributed by atoms with Crippen LogP contribution < -0.4 is 0 Å². The average molecular weight is 414 g/mol. The van der Waals surface area contributed by atoms with Crippen molar-refractivity contribution < 1.29 is 4.79 Å². The number of carbonyl (C=O) groups excluding carboxylic acids is 1. The number of hydrogen-bond acceptors (Lipinski definition) is 2. The van der Waals surface area contributed by atoms with E-state index in [0.717, 1.165) is 37.4 Å². The highest BCUT2D eigenvalue weighted by atomic mass is 35.5. The van der Waals surface area contributed by atoms with Gasteiger partial charge in [-0.05, 0) is 76.8 Å². The molecule has 4 nitrogen and oxygen atoms in total. The number of rotatable bonds is 3. The number of piperidine rings is 1. The van der Waals surface area contributed by atoms with E-state index in [2.05, 4.69) is 47.4 Å². The number of amides is 1. The molecule has 2 aromatic rings. The van der Waals surface area contributed by atoms with E-state index >= 15 is 0 Å². The SMILES string of the molecule is CN1C2CCC1c1c(n(CCC(=O)N3CCCCC3(C)C)c3ccc(Cl)cc13)C2. The zero-order valence-corrected chi connectivity index (χ0v) is 18.6. The van der Waals surface area contributed by atoms with E-state index in [1.165, 1.54) is 41.4 Å². The van der Waals surface area contributed by atoms with E-state index < -0.39 is 0 Å². The molecule has 3 aliphatic heterocycles. The molecule has 0 aliphatic carbocycles. The van der Waals surface area contributed by atoms with Crippen LogP contribution in [-0.2, 0) is 17.8 Å². The van der Waals surface area contributed by atoms with Crippen molar-refractivity contribution in [3.05, 3.63) is 34.5 Å². The monoisotopic (exact) mass is 413 g/mol. The summed E-state index contributed by atoms with van der Waals surface area (Å²) in [6.07, 6.45) is 7.61. The van der Waals surface area contributed by atoms with Gasteiger partial charge in [-0.2, -0.15) is 0 Å². The molecule has 2 saturated heterocycles. The van der Waals surface area contributed by atoms with Gasteiger partial charge in [-0.15, -0.1) is 0 Å². The number of carbonyl (C=O) groups is 1. The molecule has 2 bridgehead atoms. The maximum absolute atomic E-state index is 13.1. The molecule has 3 aliphatic rings. The van der Waals surface area contributed by atoms with Crippen LogP contribution in [0, 0.1) is 0 Å². The van der Waals surface area contributed by atoms with Crippen molar-refractivity contribution in [1.82, 2.24) is 14.4 Å². The Morgan fingerprint density at radius 3 is 2.86 bits per heavy atom. The Labute approximate surface area is 178 Å². The number of likely N-dealkylation sites (N-methyl/N-ethyl adjacent to an activating group) is 1. The molecule has 0 spiro atoms. The summed E-state index contributed by atoms with van der Waals surface area (Å²) in [6.45, 7) is 6.10. The highest BCUT2D eigenvalue weighted by Gasteiger charge is 2.41. The van der Waals surface area contributed by atoms with E-state index in [1.807, 2.05) is 6.07 Å². The normalized spacial score (nSPS) is 26.1. The van der Waals surface area contributed by atoms with Crippen LogP contribution in [0.3, 0.4) is 0 Å². The molecule has 0 N–H and O–H groups in total. The molecule has 2 unspecified atom stereocenters. The fourth-order valence-electron chi connectivity index (χ4n) is 6.15. The number of halogens is 1. The Kier molecular flexibility index (Phi) is 4.71. The van der Waals surface area contributed by atoms with Crippen molar-refractivity contribution in [2.24, 2.45) is 0 Å². The predicted molar refractivity (Wildman–Crippen MR) is 118 cm³/mol. The zero-order chi connectivity index (χ0) is 20.3. The number of likely N-dealkylation sites (tertiary alicyclic amines) is 1. The average Bonchev–Trinajstić information content (AvgIpc) is 3.09. The molecule has 4 heterocycles. The van der Waals surface area contributed by atoms with Crippen LogP contribution >= 0.6 is 11.6 Å². The van der Waals surface area contributed by atoms with E-state index in [0.29, 0.717) is 24.4 Å². The van der Waals surface area contributed by atoms with Crippen LogP contribution in [0.5, 0.6) is 0 Å². The largest absolute Gasteiger partial charge is 0.344 e. The zero-order valence-electron chi connectivity index (χ0n) is 17.9. The van der Waals surface area contributed by atoms with Gasteiger partial charge in [-0.3, -0.25) is 9.69 Å². The highest BCUT2D eigenvalue weighted by Crippen LogP contribution is 2.47. The molecule has 0 radical (unpaired) electrons. The minimum absolute atomic E-state index is 0.0110. The minimum Gasteiger partial charge on any atom is -0.344 e. The van der Waals surface area contributed by atoms with Gasteiger partial charge in [0.25, 0.3) is 0 Å². The minimum atomic E-state index is -0.0110. The second kappa shape index (κ2) is 7.02. The van der Waals surface area contributed by atoms with E-state index in [1.54, 1.807) is 0 Å². The molecule has 1 amide bonds. The second-order valence-electron chi connectivity index (χ2n) is 9.85. The topological polar surface area (TPSA) is 28.5 Å². The molecule has 2 fully saturated rings. The lowest BCUT2D eigenvalue weighted by atomic mass is 9.90.